The molecular weight excluding hydrogens is 214 g/mol. The number of aryl methyl sites for hydroxylation is 2. The predicted molar refractivity (Wildman–Crippen MR) is 69.8 cm³/mol. The Morgan fingerprint density at radius 2 is 2.24 bits per heavy atom. The molecule has 17 heavy (non-hydrogen) atoms. The molecule has 0 aliphatic rings. The third-order valence-electron chi connectivity index (χ3n) is 3.24. The molecule has 0 aromatic carbocycles. The maximum atomic E-state index is 8.92. The standard InChI is InChI=1S/C13H25N3O/c1-4-11(6-7-17)9-14-10-13-8-12(5-2)15-16(13)3/h8,11,14,17H,4-7,9-10H2,1-3H3. The van der Waals surface area contributed by atoms with Crippen LogP contribution in [0.4, 0.5) is 0 Å². The van der Waals surface area contributed by atoms with Crippen LogP contribution in [0.3, 0.4) is 0 Å². The number of aliphatic hydroxyl groups is 1. The molecule has 0 radical (unpaired) electrons. The van der Waals surface area contributed by atoms with E-state index in [2.05, 4.69) is 30.3 Å². The molecule has 1 atom stereocenters. The zero-order valence-electron chi connectivity index (χ0n) is 11.2. The molecule has 1 rings (SSSR count). The van der Waals surface area contributed by atoms with Gasteiger partial charge in [0, 0.05) is 20.2 Å². The lowest BCUT2D eigenvalue weighted by Gasteiger charge is -2.14. The fraction of sp³-hybridized carbons (Fsp3) is 0.769. The Balaban J connectivity index is 2.36. The van der Waals surface area contributed by atoms with E-state index in [1.165, 1.54) is 5.69 Å². The maximum Gasteiger partial charge on any atom is 0.0625 e. The largest absolute Gasteiger partial charge is 0.396 e. The van der Waals surface area contributed by atoms with Gasteiger partial charge in [-0.15, -0.1) is 0 Å². The Kier molecular flexibility index (Phi) is 6.22. The van der Waals surface area contributed by atoms with Crippen molar-refractivity contribution in [1.29, 1.82) is 0 Å². The van der Waals surface area contributed by atoms with E-state index in [4.69, 9.17) is 5.11 Å². The summed E-state index contributed by atoms with van der Waals surface area (Å²) in [6.07, 6.45) is 2.98. The quantitative estimate of drug-likeness (QED) is 0.722. The minimum Gasteiger partial charge on any atom is -0.396 e. The Labute approximate surface area is 104 Å². The van der Waals surface area contributed by atoms with E-state index >= 15 is 0 Å². The molecule has 0 aliphatic carbocycles. The second-order valence-electron chi connectivity index (χ2n) is 4.52. The molecule has 4 heteroatoms. The van der Waals surface area contributed by atoms with Gasteiger partial charge in [-0.05, 0) is 31.4 Å². The van der Waals surface area contributed by atoms with Crippen LogP contribution < -0.4 is 5.32 Å². The van der Waals surface area contributed by atoms with Gasteiger partial charge in [-0.3, -0.25) is 4.68 Å². The fourth-order valence-corrected chi connectivity index (χ4v) is 1.95. The number of aliphatic hydroxyl groups excluding tert-OH is 1. The summed E-state index contributed by atoms with van der Waals surface area (Å²) in [7, 11) is 1.99. The van der Waals surface area contributed by atoms with Crippen LogP contribution in [-0.2, 0) is 20.0 Å². The normalized spacial score (nSPS) is 12.9. The first-order valence-corrected chi connectivity index (χ1v) is 6.54. The molecule has 1 aromatic heterocycles. The van der Waals surface area contributed by atoms with E-state index in [1.54, 1.807) is 0 Å². The number of nitrogens with zero attached hydrogens (tertiary/aromatic N) is 2. The van der Waals surface area contributed by atoms with Crippen LogP contribution in [0, 0.1) is 5.92 Å². The van der Waals surface area contributed by atoms with E-state index in [0.717, 1.165) is 38.0 Å². The first-order chi connectivity index (χ1) is 8.21. The van der Waals surface area contributed by atoms with Crippen molar-refractivity contribution in [3.8, 4) is 0 Å². The van der Waals surface area contributed by atoms with E-state index in [-0.39, 0.29) is 6.61 Å². The Bertz CT molecular complexity index is 322. The van der Waals surface area contributed by atoms with Crippen molar-refractivity contribution in [2.75, 3.05) is 13.2 Å². The van der Waals surface area contributed by atoms with Gasteiger partial charge in [-0.1, -0.05) is 20.3 Å². The average Bonchev–Trinajstić information content (AvgIpc) is 2.69. The van der Waals surface area contributed by atoms with Crippen molar-refractivity contribution < 1.29 is 5.11 Å². The average molecular weight is 239 g/mol. The summed E-state index contributed by atoms with van der Waals surface area (Å²) in [6.45, 7) is 6.39. The molecule has 0 aliphatic heterocycles. The van der Waals surface area contributed by atoms with Crippen LogP contribution in [0.1, 0.15) is 38.1 Å². The Morgan fingerprint density at radius 3 is 2.76 bits per heavy atom. The predicted octanol–water partition coefficient (Wildman–Crippen LogP) is 1.48. The minimum absolute atomic E-state index is 0.284. The van der Waals surface area contributed by atoms with Crippen LogP contribution >= 0.6 is 0 Å². The van der Waals surface area contributed by atoms with E-state index < -0.39 is 0 Å². The zero-order valence-corrected chi connectivity index (χ0v) is 11.2. The Hall–Kier alpha value is -0.870. The number of hydrogen-bond acceptors (Lipinski definition) is 3. The highest BCUT2D eigenvalue weighted by molar-refractivity contribution is 5.09. The van der Waals surface area contributed by atoms with Crippen LogP contribution in [0.25, 0.3) is 0 Å². The van der Waals surface area contributed by atoms with Gasteiger partial charge in [0.15, 0.2) is 0 Å². The van der Waals surface area contributed by atoms with Gasteiger partial charge in [0.2, 0.25) is 0 Å². The molecular formula is C13H25N3O. The molecule has 4 nitrogen and oxygen atoms in total. The smallest absolute Gasteiger partial charge is 0.0625 e. The van der Waals surface area contributed by atoms with Gasteiger partial charge < -0.3 is 10.4 Å². The van der Waals surface area contributed by atoms with E-state index in [9.17, 15) is 0 Å². The summed E-state index contributed by atoms with van der Waals surface area (Å²) < 4.78 is 1.94. The van der Waals surface area contributed by atoms with Crippen molar-refractivity contribution in [2.24, 2.45) is 13.0 Å². The molecule has 0 spiro atoms. The molecule has 1 heterocycles. The summed E-state index contributed by atoms with van der Waals surface area (Å²) in [5.74, 6) is 0.568. The first-order valence-electron chi connectivity index (χ1n) is 6.54. The highest BCUT2D eigenvalue weighted by Crippen LogP contribution is 2.07. The lowest BCUT2D eigenvalue weighted by atomic mass is 10.0. The second kappa shape index (κ2) is 7.45. The molecule has 1 aromatic rings. The summed E-state index contributed by atoms with van der Waals surface area (Å²) in [4.78, 5) is 0. The molecule has 0 amide bonds. The minimum atomic E-state index is 0.284. The molecule has 0 bridgehead atoms. The van der Waals surface area contributed by atoms with Crippen molar-refractivity contribution in [1.82, 2.24) is 15.1 Å². The monoisotopic (exact) mass is 239 g/mol. The van der Waals surface area contributed by atoms with Crippen molar-refractivity contribution in [3.05, 3.63) is 17.5 Å². The van der Waals surface area contributed by atoms with Crippen LogP contribution in [0.2, 0.25) is 0 Å². The van der Waals surface area contributed by atoms with Gasteiger partial charge in [-0.25, -0.2) is 0 Å². The van der Waals surface area contributed by atoms with Crippen molar-refractivity contribution >= 4 is 0 Å². The van der Waals surface area contributed by atoms with E-state index in [1.807, 2.05) is 11.7 Å². The molecule has 2 N–H and O–H groups in total. The highest BCUT2D eigenvalue weighted by atomic mass is 16.3. The van der Waals surface area contributed by atoms with Crippen molar-refractivity contribution in [2.45, 2.75) is 39.7 Å². The van der Waals surface area contributed by atoms with E-state index in [0.29, 0.717) is 5.92 Å². The van der Waals surface area contributed by atoms with Crippen molar-refractivity contribution in [3.63, 3.8) is 0 Å². The highest BCUT2D eigenvalue weighted by Gasteiger charge is 2.07. The fourth-order valence-electron chi connectivity index (χ4n) is 1.95. The van der Waals surface area contributed by atoms with Gasteiger partial charge in [0.25, 0.3) is 0 Å². The van der Waals surface area contributed by atoms with Gasteiger partial charge in [-0.2, -0.15) is 5.10 Å². The summed E-state index contributed by atoms with van der Waals surface area (Å²) in [5.41, 5.74) is 2.37. The molecule has 0 saturated heterocycles. The summed E-state index contributed by atoms with van der Waals surface area (Å²) >= 11 is 0. The van der Waals surface area contributed by atoms with Crippen LogP contribution in [0.15, 0.2) is 6.07 Å². The van der Waals surface area contributed by atoms with Gasteiger partial charge in [0.1, 0.15) is 0 Å². The third kappa shape index (κ3) is 4.48. The lowest BCUT2D eigenvalue weighted by Crippen LogP contribution is -2.23. The first kappa shape index (κ1) is 14.2. The van der Waals surface area contributed by atoms with Gasteiger partial charge in [0.05, 0.1) is 11.4 Å². The maximum absolute atomic E-state index is 8.92. The number of rotatable bonds is 8. The third-order valence-corrected chi connectivity index (χ3v) is 3.24. The van der Waals surface area contributed by atoms with Crippen LogP contribution in [0.5, 0.6) is 0 Å². The van der Waals surface area contributed by atoms with Gasteiger partial charge >= 0.3 is 0 Å². The van der Waals surface area contributed by atoms with Crippen LogP contribution in [-0.4, -0.2) is 28.0 Å². The molecule has 0 saturated carbocycles. The second-order valence-corrected chi connectivity index (χ2v) is 4.52. The SMILES string of the molecule is CCc1cc(CNCC(CC)CCO)n(C)n1. The number of hydrogen-bond donors (Lipinski definition) is 2. The number of aromatic nitrogens is 2. The molecule has 98 valence electrons. The molecule has 1 unspecified atom stereocenters. The lowest BCUT2D eigenvalue weighted by molar-refractivity contribution is 0.251. The topological polar surface area (TPSA) is 50.1 Å². The number of nitrogens with one attached hydrogen (secondary N) is 1. The zero-order chi connectivity index (χ0) is 12.7. The summed E-state index contributed by atoms with van der Waals surface area (Å²) in [6, 6.07) is 2.15. The summed E-state index contributed by atoms with van der Waals surface area (Å²) in [5, 5.41) is 16.8. The molecule has 0 fully saturated rings. The Morgan fingerprint density at radius 1 is 1.47 bits per heavy atom.